The van der Waals surface area contributed by atoms with Crippen molar-refractivity contribution in [3.8, 4) is 0 Å². The van der Waals surface area contributed by atoms with Gasteiger partial charge in [-0.25, -0.2) is 0 Å². The van der Waals surface area contributed by atoms with E-state index >= 15 is 0 Å². The normalized spacial score (nSPS) is 15.7. The summed E-state index contributed by atoms with van der Waals surface area (Å²) in [6.45, 7) is -0.677. The van der Waals surface area contributed by atoms with Gasteiger partial charge in [-0.05, 0) is 12.8 Å². The Morgan fingerprint density at radius 1 is 1.15 bits per heavy atom. The standard InChI is InChI=1S/C12H18N2O5S/c1-18-8(15)6-14(7-9(16)19-2)11(17)12(10(13)20)4-3-5-12/h3-7H2,1-2H3,(H2,13,20). The molecule has 2 N–H and O–H groups in total. The van der Waals surface area contributed by atoms with E-state index in [4.69, 9.17) is 18.0 Å². The maximum Gasteiger partial charge on any atom is 0.325 e. The number of hydrogen-bond donors (Lipinski definition) is 1. The second-order valence-corrected chi connectivity index (χ2v) is 5.05. The smallest absolute Gasteiger partial charge is 0.325 e. The molecular formula is C12H18N2O5S. The summed E-state index contributed by atoms with van der Waals surface area (Å²) >= 11 is 4.96. The number of nitrogens with two attached hydrogens (primary N) is 1. The van der Waals surface area contributed by atoms with Crippen LogP contribution >= 0.6 is 12.2 Å². The third kappa shape index (κ3) is 3.24. The number of carbonyl (C=O) groups is 3. The van der Waals surface area contributed by atoms with Crippen molar-refractivity contribution < 1.29 is 23.9 Å². The highest BCUT2D eigenvalue weighted by Gasteiger charge is 2.49. The molecule has 1 saturated carbocycles. The van der Waals surface area contributed by atoms with Crippen LogP contribution in [0.2, 0.25) is 0 Å². The van der Waals surface area contributed by atoms with Crippen LogP contribution in [-0.2, 0) is 23.9 Å². The Kier molecular flexibility index (Phi) is 5.43. The van der Waals surface area contributed by atoms with E-state index < -0.39 is 23.3 Å². The van der Waals surface area contributed by atoms with Gasteiger partial charge in [0.2, 0.25) is 5.91 Å². The van der Waals surface area contributed by atoms with Crippen LogP contribution in [0.15, 0.2) is 0 Å². The third-order valence-corrected chi connectivity index (χ3v) is 3.86. The Bertz CT molecular complexity index is 416. The molecule has 112 valence electrons. The highest BCUT2D eigenvalue weighted by atomic mass is 32.1. The molecule has 0 bridgehead atoms. The van der Waals surface area contributed by atoms with Gasteiger partial charge >= 0.3 is 11.9 Å². The Hall–Kier alpha value is -1.70. The fourth-order valence-electron chi connectivity index (χ4n) is 2.04. The lowest BCUT2D eigenvalue weighted by Crippen LogP contribution is -2.56. The molecule has 1 amide bonds. The lowest BCUT2D eigenvalue weighted by molar-refractivity contribution is -0.156. The minimum atomic E-state index is -0.947. The van der Waals surface area contributed by atoms with Crippen molar-refractivity contribution in [3.63, 3.8) is 0 Å². The van der Waals surface area contributed by atoms with Gasteiger partial charge < -0.3 is 20.1 Å². The monoisotopic (exact) mass is 302 g/mol. The van der Waals surface area contributed by atoms with E-state index in [-0.39, 0.29) is 18.1 Å². The van der Waals surface area contributed by atoms with Gasteiger partial charge in [0.05, 0.1) is 24.6 Å². The molecule has 0 aromatic carbocycles. The van der Waals surface area contributed by atoms with Crippen molar-refractivity contribution in [1.29, 1.82) is 0 Å². The summed E-state index contributed by atoms with van der Waals surface area (Å²) < 4.78 is 9.04. The lowest BCUT2D eigenvalue weighted by atomic mass is 9.67. The van der Waals surface area contributed by atoms with E-state index in [1.54, 1.807) is 0 Å². The second kappa shape index (κ2) is 6.65. The molecule has 0 atom stereocenters. The summed E-state index contributed by atoms with van der Waals surface area (Å²) in [5, 5.41) is 0. The van der Waals surface area contributed by atoms with E-state index in [0.29, 0.717) is 12.8 Å². The minimum absolute atomic E-state index is 0.0912. The number of ether oxygens (including phenoxy) is 2. The molecule has 0 spiro atoms. The maximum absolute atomic E-state index is 12.5. The van der Waals surface area contributed by atoms with Gasteiger partial charge in [0.15, 0.2) is 0 Å². The average Bonchev–Trinajstić information content (AvgIpc) is 2.35. The van der Waals surface area contributed by atoms with Gasteiger partial charge in [0, 0.05) is 0 Å². The molecule has 1 rings (SSSR count). The number of amides is 1. The molecular weight excluding hydrogens is 284 g/mol. The lowest BCUT2D eigenvalue weighted by Gasteiger charge is -2.42. The first-order chi connectivity index (χ1) is 9.37. The van der Waals surface area contributed by atoms with Crippen molar-refractivity contribution in [2.45, 2.75) is 19.3 Å². The third-order valence-electron chi connectivity index (χ3n) is 3.47. The summed E-state index contributed by atoms with van der Waals surface area (Å²) in [6, 6.07) is 0. The van der Waals surface area contributed by atoms with Gasteiger partial charge in [0.1, 0.15) is 13.1 Å². The van der Waals surface area contributed by atoms with Crippen LogP contribution in [0, 0.1) is 5.41 Å². The van der Waals surface area contributed by atoms with Gasteiger partial charge in [-0.3, -0.25) is 14.4 Å². The van der Waals surface area contributed by atoms with E-state index in [0.717, 1.165) is 11.3 Å². The first-order valence-corrected chi connectivity index (χ1v) is 6.51. The van der Waals surface area contributed by atoms with Crippen molar-refractivity contribution in [2.75, 3.05) is 27.3 Å². The molecule has 7 nitrogen and oxygen atoms in total. The molecule has 0 unspecified atom stereocenters. The van der Waals surface area contributed by atoms with Crippen molar-refractivity contribution in [2.24, 2.45) is 11.1 Å². The van der Waals surface area contributed by atoms with Crippen LogP contribution in [0.5, 0.6) is 0 Å². The predicted octanol–water partition coefficient (Wildman–Crippen LogP) is -0.383. The molecule has 1 aliphatic carbocycles. The zero-order valence-corrected chi connectivity index (χ0v) is 12.3. The molecule has 0 aromatic heterocycles. The number of esters is 2. The fourth-order valence-corrected chi connectivity index (χ4v) is 2.33. The Balaban J connectivity index is 2.91. The minimum Gasteiger partial charge on any atom is -0.468 e. The first-order valence-electron chi connectivity index (χ1n) is 6.10. The first kappa shape index (κ1) is 16.4. The van der Waals surface area contributed by atoms with E-state index in [2.05, 4.69) is 9.47 Å². The number of rotatable bonds is 6. The van der Waals surface area contributed by atoms with E-state index in [1.807, 2.05) is 0 Å². The van der Waals surface area contributed by atoms with Gasteiger partial charge in [0.25, 0.3) is 0 Å². The number of hydrogen-bond acceptors (Lipinski definition) is 6. The fraction of sp³-hybridized carbons (Fsp3) is 0.667. The summed E-state index contributed by atoms with van der Waals surface area (Å²) in [5.74, 6) is -1.67. The molecule has 8 heteroatoms. The van der Waals surface area contributed by atoms with Crippen LogP contribution in [-0.4, -0.2) is 55.0 Å². The van der Waals surface area contributed by atoms with Crippen molar-refractivity contribution >= 4 is 35.1 Å². The van der Waals surface area contributed by atoms with E-state index in [9.17, 15) is 14.4 Å². The Morgan fingerprint density at radius 2 is 1.60 bits per heavy atom. The van der Waals surface area contributed by atoms with Crippen LogP contribution < -0.4 is 5.73 Å². The van der Waals surface area contributed by atoms with Crippen molar-refractivity contribution in [1.82, 2.24) is 4.90 Å². The van der Waals surface area contributed by atoms with Crippen LogP contribution in [0.3, 0.4) is 0 Å². The molecule has 0 aliphatic heterocycles. The quantitative estimate of drug-likeness (QED) is 0.527. The largest absolute Gasteiger partial charge is 0.468 e. The molecule has 0 heterocycles. The van der Waals surface area contributed by atoms with Gasteiger partial charge in [-0.15, -0.1) is 0 Å². The predicted molar refractivity (Wildman–Crippen MR) is 73.7 cm³/mol. The highest BCUT2D eigenvalue weighted by molar-refractivity contribution is 7.80. The molecule has 0 aromatic rings. The zero-order valence-electron chi connectivity index (χ0n) is 11.5. The molecule has 0 radical (unpaired) electrons. The number of thiocarbonyl (C=S) groups is 1. The summed E-state index contributed by atoms with van der Waals surface area (Å²) in [7, 11) is 2.41. The SMILES string of the molecule is COC(=O)CN(CC(=O)OC)C(=O)C1(C(N)=S)CCC1. The maximum atomic E-state index is 12.5. The zero-order chi connectivity index (χ0) is 15.3. The molecule has 0 saturated heterocycles. The topological polar surface area (TPSA) is 98.9 Å². The number of nitrogens with zero attached hydrogens (tertiary/aromatic N) is 1. The molecule has 1 aliphatic rings. The highest BCUT2D eigenvalue weighted by Crippen LogP contribution is 2.42. The average molecular weight is 302 g/mol. The molecule has 1 fully saturated rings. The summed E-state index contributed by atoms with van der Waals surface area (Å²) in [6.07, 6.45) is 1.88. The van der Waals surface area contributed by atoms with Crippen LogP contribution in [0.4, 0.5) is 0 Å². The Labute approximate surface area is 122 Å². The van der Waals surface area contributed by atoms with Crippen LogP contribution in [0.25, 0.3) is 0 Å². The summed E-state index contributed by atoms with van der Waals surface area (Å²) in [4.78, 5) is 36.4. The van der Waals surface area contributed by atoms with Gasteiger partial charge in [-0.2, -0.15) is 0 Å². The Morgan fingerprint density at radius 3 is 1.85 bits per heavy atom. The van der Waals surface area contributed by atoms with Crippen LogP contribution in [0.1, 0.15) is 19.3 Å². The summed E-state index contributed by atoms with van der Waals surface area (Å²) in [5.41, 5.74) is 4.70. The van der Waals surface area contributed by atoms with Gasteiger partial charge in [-0.1, -0.05) is 18.6 Å². The second-order valence-electron chi connectivity index (χ2n) is 4.61. The number of carbonyl (C=O) groups excluding carboxylic acids is 3. The van der Waals surface area contributed by atoms with E-state index in [1.165, 1.54) is 14.2 Å². The number of methoxy groups -OCH3 is 2. The van der Waals surface area contributed by atoms with Crippen molar-refractivity contribution in [3.05, 3.63) is 0 Å². The molecule has 20 heavy (non-hydrogen) atoms.